The third kappa shape index (κ3) is 3.60. The molecule has 2 aromatic rings. The lowest BCUT2D eigenvalue weighted by Crippen LogP contribution is -2.32. The van der Waals surface area contributed by atoms with Gasteiger partial charge in [0.25, 0.3) is 15.9 Å². The monoisotopic (exact) mass is 408 g/mol. The molecule has 0 bridgehead atoms. The average Bonchev–Trinajstić information content (AvgIpc) is 2.83. The zero-order valence-corrected chi connectivity index (χ0v) is 15.9. The molecule has 142 valence electrons. The highest BCUT2D eigenvalue weighted by Crippen LogP contribution is 2.30. The summed E-state index contributed by atoms with van der Waals surface area (Å²) in [5, 5.41) is 0.266. The number of anilines is 1. The highest BCUT2D eigenvalue weighted by atomic mass is 32.2. The Morgan fingerprint density at radius 2 is 2.07 bits per heavy atom. The van der Waals surface area contributed by atoms with Crippen molar-refractivity contribution in [3.63, 3.8) is 0 Å². The first kappa shape index (κ1) is 19.1. The number of nitrogens with two attached hydrogens (primary N) is 1. The molecular weight excluding hydrogens is 392 g/mol. The molecule has 1 amide bonds. The zero-order valence-electron chi connectivity index (χ0n) is 14.3. The van der Waals surface area contributed by atoms with Crippen molar-refractivity contribution in [3.05, 3.63) is 41.6 Å². The van der Waals surface area contributed by atoms with E-state index in [1.54, 1.807) is 19.1 Å². The minimum absolute atomic E-state index is 0.0132. The summed E-state index contributed by atoms with van der Waals surface area (Å²) in [6.45, 7) is 1.84. The number of amides is 1. The van der Waals surface area contributed by atoms with E-state index in [2.05, 4.69) is 9.97 Å². The van der Waals surface area contributed by atoms with E-state index in [4.69, 9.17) is 10.5 Å². The van der Waals surface area contributed by atoms with Gasteiger partial charge in [-0.3, -0.25) is 4.79 Å². The van der Waals surface area contributed by atoms with Gasteiger partial charge >= 0.3 is 5.97 Å². The molecule has 1 aliphatic rings. The maximum absolute atomic E-state index is 12.5. The second-order valence-corrected chi connectivity index (χ2v) is 8.29. The minimum Gasteiger partial charge on any atom is -0.462 e. The maximum atomic E-state index is 12.5. The SMILES string of the molecule is CCOC(=O)c1cnc(SCCN2C(=O)c3ccccc3S2(=O)=O)nc1N. The van der Waals surface area contributed by atoms with Crippen LogP contribution in [0.2, 0.25) is 0 Å². The van der Waals surface area contributed by atoms with E-state index in [9.17, 15) is 18.0 Å². The third-order valence-corrected chi connectivity index (χ3v) is 6.41. The quantitative estimate of drug-likeness (QED) is 0.425. The molecule has 2 heterocycles. The molecule has 0 radical (unpaired) electrons. The highest BCUT2D eigenvalue weighted by molar-refractivity contribution is 7.99. The number of hydrogen-bond acceptors (Lipinski definition) is 9. The van der Waals surface area contributed by atoms with Gasteiger partial charge in [-0.25, -0.2) is 27.5 Å². The van der Waals surface area contributed by atoms with E-state index in [0.29, 0.717) is 0 Å². The molecule has 0 aliphatic carbocycles. The van der Waals surface area contributed by atoms with Crippen molar-refractivity contribution >= 4 is 39.5 Å². The number of benzene rings is 1. The summed E-state index contributed by atoms with van der Waals surface area (Å²) >= 11 is 1.12. The molecule has 0 fully saturated rings. The Balaban J connectivity index is 1.66. The van der Waals surface area contributed by atoms with Crippen molar-refractivity contribution in [1.29, 1.82) is 0 Å². The number of fused-ring (bicyclic) bond motifs is 1. The topological polar surface area (TPSA) is 133 Å². The number of thioether (sulfide) groups is 1. The molecule has 2 N–H and O–H groups in total. The van der Waals surface area contributed by atoms with Gasteiger partial charge in [-0.1, -0.05) is 23.9 Å². The number of nitrogen functional groups attached to an aromatic ring is 1. The Hall–Kier alpha value is -2.66. The Morgan fingerprint density at radius 1 is 1.33 bits per heavy atom. The molecule has 11 heteroatoms. The number of nitrogens with zero attached hydrogens (tertiary/aromatic N) is 3. The summed E-state index contributed by atoms with van der Waals surface area (Å²) in [6.07, 6.45) is 1.26. The molecule has 9 nitrogen and oxygen atoms in total. The van der Waals surface area contributed by atoms with Crippen molar-refractivity contribution < 1.29 is 22.7 Å². The lowest BCUT2D eigenvalue weighted by atomic mass is 10.2. The second-order valence-electron chi connectivity index (χ2n) is 5.40. The van der Waals surface area contributed by atoms with Crippen LogP contribution in [0.15, 0.2) is 40.5 Å². The van der Waals surface area contributed by atoms with Crippen LogP contribution >= 0.6 is 11.8 Å². The number of ether oxygens (including phenoxy) is 1. The predicted molar refractivity (Wildman–Crippen MR) is 97.8 cm³/mol. The fraction of sp³-hybridized carbons (Fsp3) is 0.250. The second kappa shape index (κ2) is 7.53. The van der Waals surface area contributed by atoms with Crippen molar-refractivity contribution in [2.45, 2.75) is 17.0 Å². The van der Waals surface area contributed by atoms with Gasteiger partial charge in [-0.05, 0) is 19.1 Å². The van der Waals surface area contributed by atoms with Crippen molar-refractivity contribution in [3.8, 4) is 0 Å². The van der Waals surface area contributed by atoms with E-state index in [1.807, 2.05) is 0 Å². The summed E-state index contributed by atoms with van der Waals surface area (Å²) in [4.78, 5) is 32.0. The van der Waals surface area contributed by atoms with Crippen LogP contribution in [-0.2, 0) is 14.8 Å². The predicted octanol–water partition coefficient (Wildman–Crippen LogP) is 1.17. The summed E-state index contributed by atoms with van der Waals surface area (Å²) in [5.74, 6) is -0.956. The van der Waals surface area contributed by atoms with E-state index in [0.717, 1.165) is 16.1 Å². The molecule has 0 saturated carbocycles. The van der Waals surface area contributed by atoms with Gasteiger partial charge in [0.15, 0.2) is 5.16 Å². The van der Waals surface area contributed by atoms with Crippen molar-refractivity contribution in [2.24, 2.45) is 0 Å². The smallest absolute Gasteiger partial charge is 0.343 e. The van der Waals surface area contributed by atoms with Crippen LogP contribution in [0.1, 0.15) is 27.6 Å². The van der Waals surface area contributed by atoms with Gasteiger partial charge < -0.3 is 10.5 Å². The van der Waals surface area contributed by atoms with E-state index >= 15 is 0 Å². The van der Waals surface area contributed by atoms with Crippen LogP contribution in [0.25, 0.3) is 0 Å². The lowest BCUT2D eigenvalue weighted by molar-refractivity contribution is 0.0526. The average molecular weight is 408 g/mol. The number of aromatic nitrogens is 2. The fourth-order valence-corrected chi connectivity index (χ4v) is 4.92. The van der Waals surface area contributed by atoms with Crippen molar-refractivity contribution in [2.75, 3.05) is 24.6 Å². The summed E-state index contributed by atoms with van der Waals surface area (Å²) < 4.78 is 30.6. The normalized spacial score (nSPS) is 14.9. The first-order valence-electron chi connectivity index (χ1n) is 7.94. The summed E-state index contributed by atoms with van der Waals surface area (Å²) in [5.41, 5.74) is 5.98. The van der Waals surface area contributed by atoms with E-state index < -0.39 is 21.9 Å². The van der Waals surface area contributed by atoms with E-state index in [-0.39, 0.29) is 45.9 Å². The standard InChI is InChI=1S/C16H16N4O5S2/c1-2-25-15(22)11-9-18-16(19-13(11)17)26-8-7-20-14(21)10-5-3-4-6-12(10)27(20,23)24/h3-6,9H,2,7-8H2,1H3,(H2,17,18,19). The van der Waals surface area contributed by atoms with Gasteiger partial charge in [-0.15, -0.1) is 0 Å². The third-order valence-electron chi connectivity index (χ3n) is 3.73. The molecule has 1 aromatic carbocycles. The summed E-state index contributed by atoms with van der Waals surface area (Å²) in [6, 6.07) is 6.09. The maximum Gasteiger partial charge on any atom is 0.343 e. The number of sulfonamides is 1. The molecule has 0 spiro atoms. The number of hydrogen-bond donors (Lipinski definition) is 1. The van der Waals surface area contributed by atoms with Crippen LogP contribution in [0.4, 0.5) is 5.82 Å². The molecule has 0 saturated heterocycles. The molecule has 27 heavy (non-hydrogen) atoms. The molecule has 1 aromatic heterocycles. The Bertz CT molecular complexity index is 1010. The van der Waals surface area contributed by atoms with Gasteiger partial charge in [0.1, 0.15) is 16.3 Å². The highest BCUT2D eigenvalue weighted by Gasteiger charge is 2.40. The zero-order chi connectivity index (χ0) is 19.6. The number of carbonyl (C=O) groups excluding carboxylic acids is 2. The van der Waals surface area contributed by atoms with Gasteiger partial charge in [0.05, 0.1) is 12.2 Å². The Kier molecular flexibility index (Phi) is 5.33. The van der Waals surface area contributed by atoms with E-state index in [1.165, 1.54) is 18.3 Å². The van der Waals surface area contributed by atoms with Crippen LogP contribution in [0.5, 0.6) is 0 Å². The van der Waals surface area contributed by atoms with Crippen LogP contribution in [-0.4, -0.2) is 53.5 Å². The largest absolute Gasteiger partial charge is 0.462 e. The number of carbonyl (C=O) groups is 2. The van der Waals surface area contributed by atoms with Crippen molar-refractivity contribution in [1.82, 2.24) is 14.3 Å². The first-order chi connectivity index (χ1) is 12.9. The van der Waals surface area contributed by atoms with Gasteiger partial charge in [-0.2, -0.15) is 0 Å². The fourth-order valence-electron chi connectivity index (χ4n) is 2.49. The molecular formula is C16H16N4O5S2. The molecule has 3 rings (SSSR count). The van der Waals surface area contributed by atoms with Gasteiger partial charge in [0, 0.05) is 18.5 Å². The van der Waals surface area contributed by atoms with Crippen LogP contribution < -0.4 is 5.73 Å². The van der Waals surface area contributed by atoms with Crippen LogP contribution in [0, 0.1) is 0 Å². The van der Waals surface area contributed by atoms with Gasteiger partial charge in [0.2, 0.25) is 0 Å². The minimum atomic E-state index is -3.84. The number of esters is 1. The first-order valence-corrected chi connectivity index (χ1v) is 10.4. The molecule has 0 unspecified atom stereocenters. The lowest BCUT2D eigenvalue weighted by Gasteiger charge is -2.14. The molecule has 0 atom stereocenters. The summed E-state index contributed by atoms with van der Waals surface area (Å²) in [7, 11) is -3.84. The Morgan fingerprint density at radius 3 is 2.74 bits per heavy atom. The molecule has 1 aliphatic heterocycles. The van der Waals surface area contributed by atoms with Crippen LogP contribution in [0.3, 0.4) is 0 Å². The Labute approximate surface area is 160 Å². The number of rotatable bonds is 6.